The van der Waals surface area contributed by atoms with E-state index in [9.17, 15) is 19.2 Å². The number of unbranched alkanes of at least 4 members (excludes halogenated alkanes) is 1. The summed E-state index contributed by atoms with van der Waals surface area (Å²) < 4.78 is 16.8. The van der Waals surface area contributed by atoms with Gasteiger partial charge in [-0.2, -0.15) is 0 Å². The Morgan fingerprint density at radius 3 is 2.32 bits per heavy atom. The molecule has 0 spiro atoms. The lowest BCUT2D eigenvalue weighted by Crippen LogP contribution is -2.48. The first kappa shape index (κ1) is 27.9. The summed E-state index contributed by atoms with van der Waals surface area (Å²) in [5.74, 6) is -2.48. The third kappa shape index (κ3) is 7.63. The van der Waals surface area contributed by atoms with Crippen LogP contribution in [0.25, 0.3) is 0 Å². The van der Waals surface area contributed by atoms with Crippen molar-refractivity contribution < 1.29 is 33.4 Å². The number of hydrogen-bond acceptors (Lipinski definition) is 7. The molecule has 1 aliphatic heterocycles. The van der Waals surface area contributed by atoms with Crippen molar-refractivity contribution in [2.24, 2.45) is 5.73 Å². The van der Waals surface area contributed by atoms with Gasteiger partial charge < -0.3 is 19.9 Å². The van der Waals surface area contributed by atoms with Crippen molar-refractivity contribution >= 4 is 23.7 Å². The number of nitrogens with two attached hydrogens (primary N) is 1. The summed E-state index contributed by atoms with van der Waals surface area (Å²) >= 11 is 0. The second-order valence-corrected chi connectivity index (χ2v) is 9.80. The van der Waals surface area contributed by atoms with Crippen LogP contribution in [-0.4, -0.2) is 53.4 Å². The summed E-state index contributed by atoms with van der Waals surface area (Å²) in [4.78, 5) is 51.4. The fourth-order valence-corrected chi connectivity index (χ4v) is 3.97. The minimum Gasteiger partial charge on any atom is -0.493 e. The van der Waals surface area contributed by atoms with E-state index in [-0.39, 0.29) is 29.7 Å². The SMILES string of the molecule is CC(C)(C)OC(=O)CCC(C(N)=O)N1C(=O)c2cccc(OCCCCOCc3ccccc3)c2C1=O. The third-order valence-corrected chi connectivity index (χ3v) is 5.64. The Labute approximate surface area is 216 Å². The summed E-state index contributed by atoms with van der Waals surface area (Å²) in [5.41, 5.74) is 6.16. The molecule has 2 N–H and O–H groups in total. The van der Waals surface area contributed by atoms with Crippen LogP contribution in [-0.2, 0) is 25.7 Å². The van der Waals surface area contributed by atoms with Gasteiger partial charge in [0.2, 0.25) is 5.91 Å². The number of benzene rings is 2. The number of carbonyl (C=O) groups excluding carboxylic acids is 4. The van der Waals surface area contributed by atoms with Crippen molar-refractivity contribution in [1.29, 1.82) is 0 Å². The van der Waals surface area contributed by atoms with Crippen LogP contribution in [0.4, 0.5) is 0 Å². The Bertz CT molecular complexity index is 1130. The molecule has 3 amide bonds. The van der Waals surface area contributed by atoms with Gasteiger partial charge in [0.25, 0.3) is 11.8 Å². The van der Waals surface area contributed by atoms with E-state index in [1.807, 2.05) is 30.3 Å². The van der Waals surface area contributed by atoms with Crippen LogP contribution in [0.3, 0.4) is 0 Å². The minimum absolute atomic E-state index is 0.0938. The maximum absolute atomic E-state index is 13.2. The van der Waals surface area contributed by atoms with Gasteiger partial charge in [-0.15, -0.1) is 0 Å². The Morgan fingerprint density at radius 2 is 1.65 bits per heavy atom. The third-order valence-electron chi connectivity index (χ3n) is 5.64. The molecule has 0 aromatic heterocycles. The Kier molecular flexibility index (Phi) is 9.41. The van der Waals surface area contributed by atoms with E-state index in [0.717, 1.165) is 16.9 Å². The second kappa shape index (κ2) is 12.5. The van der Waals surface area contributed by atoms with E-state index in [0.29, 0.717) is 26.2 Å². The van der Waals surface area contributed by atoms with Crippen LogP contribution in [0, 0.1) is 0 Å². The summed E-state index contributed by atoms with van der Waals surface area (Å²) in [6.45, 7) is 6.59. The van der Waals surface area contributed by atoms with Gasteiger partial charge in [-0.3, -0.25) is 24.1 Å². The first-order valence-corrected chi connectivity index (χ1v) is 12.3. The van der Waals surface area contributed by atoms with Crippen LogP contribution in [0.5, 0.6) is 5.75 Å². The van der Waals surface area contributed by atoms with Gasteiger partial charge in [0, 0.05) is 13.0 Å². The maximum Gasteiger partial charge on any atom is 0.306 e. The molecule has 9 nitrogen and oxygen atoms in total. The predicted molar refractivity (Wildman–Crippen MR) is 136 cm³/mol. The van der Waals surface area contributed by atoms with Crippen molar-refractivity contribution in [3.63, 3.8) is 0 Å². The summed E-state index contributed by atoms with van der Waals surface area (Å²) in [6.07, 6.45) is 1.14. The molecule has 2 aromatic rings. The molecule has 1 heterocycles. The van der Waals surface area contributed by atoms with E-state index < -0.39 is 35.3 Å². The molecule has 2 aromatic carbocycles. The molecule has 0 saturated heterocycles. The second-order valence-electron chi connectivity index (χ2n) is 9.80. The van der Waals surface area contributed by atoms with Crippen LogP contribution >= 0.6 is 0 Å². The molecule has 3 rings (SSSR count). The molecule has 0 radical (unpaired) electrons. The largest absolute Gasteiger partial charge is 0.493 e. The molecule has 9 heteroatoms. The number of imide groups is 1. The number of nitrogens with zero attached hydrogens (tertiary/aromatic N) is 1. The molecule has 0 fully saturated rings. The molecular weight excluding hydrogens is 476 g/mol. The van der Waals surface area contributed by atoms with Gasteiger partial charge in [-0.05, 0) is 57.7 Å². The lowest BCUT2D eigenvalue weighted by atomic mass is 10.1. The number of primary amides is 1. The smallest absolute Gasteiger partial charge is 0.306 e. The maximum atomic E-state index is 13.2. The highest BCUT2D eigenvalue weighted by molar-refractivity contribution is 6.24. The number of amides is 3. The molecule has 0 bridgehead atoms. The zero-order valence-electron chi connectivity index (χ0n) is 21.5. The van der Waals surface area contributed by atoms with Gasteiger partial charge in [0.15, 0.2) is 0 Å². The summed E-state index contributed by atoms with van der Waals surface area (Å²) in [5, 5.41) is 0. The van der Waals surface area contributed by atoms with E-state index in [4.69, 9.17) is 19.9 Å². The highest BCUT2D eigenvalue weighted by Gasteiger charge is 2.44. The van der Waals surface area contributed by atoms with Gasteiger partial charge in [-0.1, -0.05) is 36.4 Å². The highest BCUT2D eigenvalue weighted by Crippen LogP contribution is 2.33. The topological polar surface area (TPSA) is 125 Å². The normalized spacial score (nSPS) is 13.9. The van der Waals surface area contributed by atoms with Gasteiger partial charge >= 0.3 is 5.97 Å². The van der Waals surface area contributed by atoms with Crippen LogP contribution in [0.15, 0.2) is 48.5 Å². The fraction of sp³-hybridized carbons (Fsp3) is 0.429. The first-order chi connectivity index (χ1) is 17.6. The van der Waals surface area contributed by atoms with Gasteiger partial charge in [0.05, 0.1) is 24.3 Å². The van der Waals surface area contributed by atoms with Crippen molar-refractivity contribution in [3.8, 4) is 5.75 Å². The molecule has 198 valence electrons. The van der Waals surface area contributed by atoms with Crippen LogP contribution < -0.4 is 10.5 Å². The zero-order chi connectivity index (χ0) is 27.0. The molecular formula is C28H34N2O7. The summed E-state index contributed by atoms with van der Waals surface area (Å²) in [7, 11) is 0. The van der Waals surface area contributed by atoms with Crippen molar-refractivity contribution in [2.45, 2.75) is 64.7 Å². The number of hydrogen-bond donors (Lipinski definition) is 1. The summed E-state index contributed by atoms with van der Waals surface area (Å²) in [6, 6.07) is 13.3. The van der Waals surface area contributed by atoms with E-state index in [2.05, 4.69) is 0 Å². The highest BCUT2D eigenvalue weighted by atomic mass is 16.6. The Hall–Kier alpha value is -3.72. The van der Waals surface area contributed by atoms with Gasteiger partial charge in [0.1, 0.15) is 17.4 Å². The van der Waals surface area contributed by atoms with Crippen molar-refractivity contribution in [1.82, 2.24) is 4.90 Å². The van der Waals surface area contributed by atoms with Crippen molar-refractivity contribution in [3.05, 3.63) is 65.2 Å². The molecule has 0 saturated carbocycles. The molecule has 37 heavy (non-hydrogen) atoms. The van der Waals surface area contributed by atoms with E-state index >= 15 is 0 Å². The lowest BCUT2D eigenvalue weighted by Gasteiger charge is -2.24. The van der Waals surface area contributed by atoms with Crippen LogP contribution in [0.1, 0.15) is 72.7 Å². The minimum atomic E-state index is -1.28. The number of ether oxygens (including phenoxy) is 3. The average Bonchev–Trinajstić information content (AvgIpc) is 3.09. The van der Waals surface area contributed by atoms with Gasteiger partial charge in [-0.25, -0.2) is 0 Å². The number of fused-ring (bicyclic) bond motifs is 1. The van der Waals surface area contributed by atoms with E-state index in [1.165, 1.54) is 6.07 Å². The standard InChI is InChI=1S/C28H34N2O7/c1-28(2,3)37-23(31)15-14-21(25(29)32)30-26(33)20-12-9-13-22(24(20)27(30)34)36-17-8-7-16-35-18-19-10-5-4-6-11-19/h4-6,9-13,21H,7-8,14-18H2,1-3H3,(H2,29,32). The predicted octanol–water partition coefficient (Wildman–Crippen LogP) is 3.63. The zero-order valence-corrected chi connectivity index (χ0v) is 21.5. The number of esters is 1. The first-order valence-electron chi connectivity index (χ1n) is 12.3. The molecule has 1 aliphatic rings. The average molecular weight is 511 g/mol. The monoisotopic (exact) mass is 510 g/mol. The van der Waals surface area contributed by atoms with Crippen molar-refractivity contribution in [2.75, 3.05) is 13.2 Å². The molecule has 0 aliphatic carbocycles. The van der Waals surface area contributed by atoms with Crippen LogP contribution in [0.2, 0.25) is 0 Å². The fourth-order valence-electron chi connectivity index (χ4n) is 3.97. The van der Waals surface area contributed by atoms with E-state index in [1.54, 1.807) is 32.9 Å². The number of rotatable bonds is 13. The lowest BCUT2D eigenvalue weighted by molar-refractivity contribution is -0.155. The Balaban J connectivity index is 1.56. The Morgan fingerprint density at radius 1 is 0.946 bits per heavy atom. The molecule has 1 unspecified atom stereocenters. The number of carbonyl (C=O) groups is 4. The quantitative estimate of drug-likeness (QED) is 0.248. The molecule has 1 atom stereocenters.